The van der Waals surface area contributed by atoms with E-state index in [-0.39, 0.29) is 32.6 Å². The van der Waals surface area contributed by atoms with Gasteiger partial charge in [0, 0.05) is 0 Å². The largest absolute Gasteiger partial charge is 0.305 e. The number of nitrogens with zero attached hydrogens (tertiary/aromatic N) is 3. The Morgan fingerprint density at radius 2 is 1.88 bits per heavy atom. The molecule has 0 saturated heterocycles. The molecule has 0 spiro atoms. The molecule has 2 heterocycles. The maximum atomic E-state index is 12.4. The smallest absolute Gasteiger partial charge is 0.278 e. The summed E-state index contributed by atoms with van der Waals surface area (Å²) in [5, 5.41) is 2.22. The Morgan fingerprint density at radius 3 is 2.48 bits per heavy atom. The van der Waals surface area contributed by atoms with Gasteiger partial charge in [0.05, 0.1) is 11.9 Å². The number of rotatable bonds is 4. The van der Waals surface area contributed by atoms with Crippen LogP contribution in [0.2, 0.25) is 10.3 Å². The highest BCUT2D eigenvalue weighted by Crippen LogP contribution is 2.22. The summed E-state index contributed by atoms with van der Waals surface area (Å²) in [4.78, 5) is 23.7. The van der Waals surface area contributed by atoms with Crippen LogP contribution in [0.4, 0.5) is 5.82 Å². The van der Waals surface area contributed by atoms with Crippen molar-refractivity contribution in [3.05, 3.63) is 40.4 Å². The summed E-state index contributed by atoms with van der Waals surface area (Å²) >= 11 is 11.5. The molecule has 0 saturated carbocycles. The summed E-state index contributed by atoms with van der Waals surface area (Å²) in [5.74, 6) is -0.682. The summed E-state index contributed by atoms with van der Waals surface area (Å²) in [6.45, 7) is 5.45. The minimum atomic E-state index is -3.59. The summed E-state index contributed by atoms with van der Waals surface area (Å²) in [5.41, 5.74) is -0.567. The highest BCUT2D eigenvalue weighted by atomic mass is 35.5. The van der Waals surface area contributed by atoms with Crippen molar-refractivity contribution in [2.75, 3.05) is 11.1 Å². The Hall–Kier alpha value is -1.77. The van der Waals surface area contributed by atoms with Gasteiger partial charge in [-0.15, -0.1) is 0 Å². The van der Waals surface area contributed by atoms with Gasteiger partial charge in [0.1, 0.15) is 11.0 Å². The van der Waals surface area contributed by atoms with Crippen LogP contribution in [0.25, 0.3) is 0 Å². The fourth-order valence-corrected chi connectivity index (χ4v) is 4.19. The number of carbonyl (C=O) groups is 1. The van der Waals surface area contributed by atoms with E-state index in [9.17, 15) is 13.2 Å². The maximum Gasteiger partial charge on any atom is 0.278 e. The van der Waals surface area contributed by atoms with E-state index in [2.05, 4.69) is 20.3 Å². The molecule has 2 aromatic rings. The molecule has 1 amide bonds. The lowest BCUT2D eigenvalue weighted by molar-refractivity contribution is 0.102. The van der Waals surface area contributed by atoms with Crippen LogP contribution in [-0.2, 0) is 9.84 Å². The molecule has 2 aromatic heterocycles. The fourth-order valence-electron chi connectivity index (χ4n) is 1.98. The molecular weight excluding hydrogens is 387 g/mol. The minimum Gasteiger partial charge on any atom is -0.305 e. The van der Waals surface area contributed by atoms with Crippen molar-refractivity contribution in [3.63, 3.8) is 0 Å². The Labute approximate surface area is 155 Å². The van der Waals surface area contributed by atoms with Crippen LogP contribution in [0.5, 0.6) is 0 Å². The molecule has 0 aliphatic rings. The number of carbonyl (C=O) groups excluding carboxylic acids is 1. The molecule has 134 valence electrons. The first-order valence-electron chi connectivity index (χ1n) is 7.17. The summed E-state index contributed by atoms with van der Waals surface area (Å²) < 4.78 is 24.8. The minimum absolute atomic E-state index is 0.0509. The number of halogens is 2. The number of nitrogens with one attached hydrogen (secondary N) is 1. The van der Waals surface area contributed by atoms with Gasteiger partial charge in [-0.2, -0.15) is 0 Å². The second-order valence-electron chi connectivity index (χ2n) is 6.47. The van der Waals surface area contributed by atoms with E-state index in [4.69, 9.17) is 23.2 Å². The van der Waals surface area contributed by atoms with E-state index < -0.39 is 21.2 Å². The third-order valence-electron chi connectivity index (χ3n) is 2.82. The van der Waals surface area contributed by atoms with Crippen LogP contribution in [0.15, 0.2) is 29.4 Å². The molecule has 0 aliphatic carbocycles. The van der Waals surface area contributed by atoms with Gasteiger partial charge in [0.2, 0.25) is 0 Å². The van der Waals surface area contributed by atoms with Gasteiger partial charge in [0.15, 0.2) is 25.7 Å². The Balaban J connectivity index is 2.26. The molecule has 0 atom stereocenters. The number of hydrogen-bond acceptors (Lipinski definition) is 6. The lowest BCUT2D eigenvalue weighted by atomic mass is 10.0. The number of pyridine rings is 1. The molecule has 25 heavy (non-hydrogen) atoms. The lowest BCUT2D eigenvalue weighted by Gasteiger charge is -2.17. The number of sulfone groups is 1. The zero-order valence-electron chi connectivity index (χ0n) is 13.7. The SMILES string of the molecule is CC(C)(C)CS(=O)(=O)c1cccc(NC(=O)c2ncc(Cl)nc2Cl)n1. The van der Waals surface area contributed by atoms with Crippen LogP contribution in [0, 0.1) is 5.41 Å². The first kappa shape index (κ1) is 19.6. The maximum absolute atomic E-state index is 12.4. The second-order valence-corrected chi connectivity index (χ2v) is 9.15. The fraction of sp³-hybridized carbons (Fsp3) is 0.333. The van der Waals surface area contributed by atoms with Gasteiger partial charge in [-0.05, 0) is 17.5 Å². The zero-order chi connectivity index (χ0) is 18.8. The number of hydrogen-bond donors (Lipinski definition) is 1. The van der Waals surface area contributed by atoms with Crippen LogP contribution >= 0.6 is 23.2 Å². The van der Waals surface area contributed by atoms with Crippen LogP contribution < -0.4 is 5.32 Å². The quantitative estimate of drug-likeness (QED) is 0.841. The van der Waals surface area contributed by atoms with Crippen molar-refractivity contribution < 1.29 is 13.2 Å². The molecule has 2 rings (SSSR count). The molecule has 0 aliphatic heterocycles. The van der Waals surface area contributed by atoms with Gasteiger partial charge in [-0.3, -0.25) is 4.79 Å². The van der Waals surface area contributed by atoms with Gasteiger partial charge in [-0.1, -0.05) is 50.0 Å². The number of amides is 1. The Morgan fingerprint density at radius 1 is 1.20 bits per heavy atom. The van der Waals surface area contributed by atoms with E-state index in [1.807, 2.05) is 20.8 Å². The zero-order valence-corrected chi connectivity index (χ0v) is 16.1. The van der Waals surface area contributed by atoms with Crippen molar-refractivity contribution in [3.8, 4) is 0 Å². The molecule has 0 radical (unpaired) electrons. The van der Waals surface area contributed by atoms with Crippen molar-refractivity contribution in [2.24, 2.45) is 5.41 Å². The normalized spacial score (nSPS) is 12.0. The second kappa shape index (κ2) is 7.23. The van der Waals surface area contributed by atoms with Crippen molar-refractivity contribution in [1.29, 1.82) is 0 Å². The summed E-state index contributed by atoms with van der Waals surface area (Å²) in [6, 6.07) is 4.34. The van der Waals surface area contributed by atoms with Crippen molar-refractivity contribution >= 4 is 44.8 Å². The standard InChI is InChI=1S/C15H16Cl2N4O3S/c1-15(2,3)8-25(23,24)11-6-4-5-10(20-11)21-14(22)12-13(17)19-9(16)7-18-12/h4-7H,8H2,1-3H3,(H,20,21,22). The molecule has 0 unspecified atom stereocenters. The first-order valence-corrected chi connectivity index (χ1v) is 9.58. The summed E-state index contributed by atoms with van der Waals surface area (Å²) in [7, 11) is -3.59. The monoisotopic (exact) mass is 402 g/mol. The van der Waals surface area contributed by atoms with E-state index in [1.165, 1.54) is 24.4 Å². The molecule has 0 fully saturated rings. The molecular formula is C15H16Cl2N4O3S. The topological polar surface area (TPSA) is 102 Å². The predicted molar refractivity (Wildman–Crippen MR) is 95.8 cm³/mol. The average Bonchev–Trinajstić information content (AvgIpc) is 2.44. The Kier molecular flexibility index (Phi) is 5.65. The molecule has 7 nitrogen and oxygen atoms in total. The molecule has 0 aromatic carbocycles. The number of aromatic nitrogens is 3. The van der Waals surface area contributed by atoms with E-state index in [0.29, 0.717) is 0 Å². The Bertz CT molecular complexity index is 911. The molecule has 10 heteroatoms. The van der Waals surface area contributed by atoms with Crippen LogP contribution in [-0.4, -0.2) is 35.0 Å². The van der Waals surface area contributed by atoms with Gasteiger partial charge in [0.25, 0.3) is 5.91 Å². The molecule has 1 N–H and O–H groups in total. The first-order chi connectivity index (χ1) is 11.5. The lowest BCUT2D eigenvalue weighted by Crippen LogP contribution is -2.22. The van der Waals surface area contributed by atoms with Crippen LogP contribution in [0.3, 0.4) is 0 Å². The average molecular weight is 403 g/mol. The molecule has 0 bridgehead atoms. The highest BCUT2D eigenvalue weighted by Gasteiger charge is 2.25. The van der Waals surface area contributed by atoms with Gasteiger partial charge in [-0.25, -0.2) is 23.4 Å². The van der Waals surface area contributed by atoms with Crippen molar-refractivity contribution in [2.45, 2.75) is 25.8 Å². The van der Waals surface area contributed by atoms with E-state index >= 15 is 0 Å². The van der Waals surface area contributed by atoms with Gasteiger partial charge >= 0.3 is 0 Å². The van der Waals surface area contributed by atoms with Crippen LogP contribution in [0.1, 0.15) is 31.3 Å². The predicted octanol–water partition coefficient (Wildman–Crippen LogP) is 3.25. The third kappa shape index (κ3) is 5.35. The van der Waals surface area contributed by atoms with E-state index in [0.717, 1.165) is 0 Å². The highest BCUT2D eigenvalue weighted by molar-refractivity contribution is 7.91. The van der Waals surface area contributed by atoms with E-state index in [1.54, 1.807) is 0 Å². The number of anilines is 1. The van der Waals surface area contributed by atoms with Gasteiger partial charge < -0.3 is 5.32 Å². The summed E-state index contributed by atoms with van der Waals surface area (Å²) in [6.07, 6.45) is 1.18. The third-order valence-corrected chi connectivity index (χ3v) is 5.38. The van der Waals surface area contributed by atoms with Crippen molar-refractivity contribution in [1.82, 2.24) is 15.0 Å².